The van der Waals surface area contributed by atoms with Crippen molar-refractivity contribution in [3.8, 4) is 0 Å². The van der Waals surface area contributed by atoms with Gasteiger partial charge in [0.05, 0.1) is 0 Å². The van der Waals surface area contributed by atoms with Gasteiger partial charge in [-0.25, -0.2) is 13.1 Å². The van der Waals surface area contributed by atoms with E-state index in [1.54, 1.807) is 24.4 Å². The van der Waals surface area contributed by atoms with E-state index in [0.717, 1.165) is 5.69 Å². The highest BCUT2D eigenvalue weighted by molar-refractivity contribution is 7.90. The molecule has 1 rings (SSSR count). The van der Waals surface area contributed by atoms with Gasteiger partial charge in [-0.1, -0.05) is 6.07 Å². The van der Waals surface area contributed by atoms with Crippen molar-refractivity contribution in [2.75, 3.05) is 12.3 Å². The first-order valence-electron chi connectivity index (χ1n) is 4.59. The van der Waals surface area contributed by atoms with Crippen LogP contribution in [-0.4, -0.2) is 36.8 Å². The Hall–Kier alpha value is -1.47. The second kappa shape index (κ2) is 5.57. The molecule has 0 spiro atoms. The zero-order valence-electron chi connectivity index (χ0n) is 8.46. The normalized spacial score (nSPS) is 11.2. The van der Waals surface area contributed by atoms with Crippen LogP contribution in [0.25, 0.3) is 0 Å². The van der Waals surface area contributed by atoms with Gasteiger partial charge in [-0.2, -0.15) is 0 Å². The minimum atomic E-state index is -3.73. The van der Waals surface area contributed by atoms with Crippen LogP contribution < -0.4 is 4.72 Å². The highest BCUT2D eigenvalue weighted by atomic mass is 32.2. The van der Waals surface area contributed by atoms with Crippen LogP contribution in [-0.2, 0) is 21.2 Å². The zero-order chi connectivity index (χ0) is 12.0. The summed E-state index contributed by atoms with van der Waals surface area (Å²) in [4.78, 5) is 14.2. The van der Waals surface area contributed by atoms with Crippen molar-refractivity contribution in [1.82, 2.24) is 9.71 Å². The summed E-state index contributed by atoms with van der Waals surface area (Å²) < 4.78 is 24.4. The number of carbonyl (C=O) groups is 1. The molecule has 0 saturated carbocycles. The predicted molar refractivity (Wildman–Crippen MR) is 57.4 cm³/mol. The number of pyridine rings is 1. The summed E-state index contributed by atoms with van der Waals surface area (Å²) in [7, 11) is -3.73. The van der Waals surface area contributed by atoms with Gasteiger partial charge in [0.2, 0.25) is 10.0 Å². The van der Waals surface area contributed by atoms with E-state index in [-0.39, 0.29) is 6.54 Å². The quantitative estimate of drug-likeness (QED) is 0.711. The summed E-state index contributed by atoms with van der Waals surface area (Å²) >= 11 is 0. The van der Waals surface area contributed by atoms with Gasteiger partial charge in [-0.05, 0) is 12.1 Å². The molecule has 0 aliphatic carbocycles. The Kier molecular flexibility index (Phi) is 4.39. The fraction of sp³-hybridized carbons (Fsp3) is 0.333. The molecule has 0 radical (unpaired) electrons. The third-order valence-electron chi connectivity index (χ3n) is 1.74. The highest BCUT2D eigenvalue weighted by Crippen LogP contribution is 1.94. The number of nitrogens with zero attached hydrogens (tertiary/aromatic N) is 1. The molecule has 0 amide bonds. The number of aliphatic carboxylic acids is 1. The maximum Gasteiger partial charge on any atom is 0.320 e. The molecule has 1 aromatic heterocycles. The number of carboxylic acid groups (broad SMARTS) is 1. The lowest BCUT2D eigenvalue weighted by Crippen LogP contribution is -2.31. The van der Waals surface area contributed by atoms with Crippen LogP contribution >= 0.6 is 0 Å². The number of hydrogen-bond donors (Lipinski definition) is 2. The van der Waals surface area contributed by atoms with E-state index in [4.69, 9.17) is 5.11 Å². The van der Waals surface area contributed by atoms with Gasteiger partial charge < -0.3 is 5.11 Å². The zero-order valence-corrected chi connectivity index (χ0v) is 9.27. The van der Waals surface area contributed by atoms with E-state index in [0.29, 0.717) is 6.42 Å². The summed E-state index contributed by atoms with van der Waals surface area (Å²) in [5, 5.41) is 8.33. The molecular formula is C9H12N2O4S. The maximum absolute atomic E-state index is 11.1. The van der Waals surface area contributed by atoms with E-state index < -0.39 is 21.7 Å². The molecule has 0 aliphatic rings. The highest BCUT2D eigenvalue weighted by Gasteiger charge is 2.14. The van der Waals surface area contributed by atoms with Crippen molar-refractivity contribution in [2.24, 2.45) is 0 Å². The predicted octanol–water partition coefficient (Wildman–Crippen LogP) is -0.372. The van der Waals surface area contributed by atoms with Crippen LogP contribution in [0.2, 0.25) is 0 Å². The number of hydrogen-bond acceptors (Lipinski definition) is 4. The first-order valence-corrected chi connectivity index (χ1v) is 6.24. The van der Waals surface area contributed by atoms with Gasteiger partial charge in [0.1, 0.15) is 0 Å². The van der Waals surface area contributed by atoms with Crippen molar-refractivity contribution in [3.05, 3.63) is 30.1 Å². The molecular weight excluding hydrogens is 232 g/mol. The van der Waals surface area contributed by atoms with Crippen molar-refractivity contribution < 1.29 is 18.3 Å². The van der Waals surface area contributed by atoms with Gasteiger partial charge >= 0.3 is 5.97 Å². The minimum absolute atomic E-state index is 0.145. The van der Waals surface area contributed by atoms with Gasteiger partial charge in [-0.3, -0.25) is 9.78 Å². The van der Waals surface area contributed by atoms with Crippen molar-refractivity contribution in [3.63, 3.8) is 0 Å². The molecule has 1 aromatic rings. The summed E-state index contributed by atoms with van der Waals surface area (Å²) in [6.07, 6.45) is 2.04. The van der Waals surface area contributed by atoms with E-state index >= 15 is 0 Å². The van der Waals surface area contributed by atoms with E-state index in [1.807, 2.05) is 0 Å². The Morgan fingerprint density at radius 2 is 2.19 bits per heavy atom. The first-order chi connectivity index (χ1) is 7.49. The Morgan fingerprint density at radius 3 is 2.75 bits per heavy atom. The summed E-state index contributed by atoms with van der Waals surface area (Å²) in [5.41, 5.74) is 0.750. The fourth-order valence-electron chi connectivity index (χ4n) is 1.09. The number of nitrogens with one attached hydrogen (secondary N) is 1. The molecule has 0 aromatic carbocycles. The Morgan fingerprint density at radius 1 is 1.44 bits per heavy atom. The summed E-state index contributed by atoms with van der Waals surface area (Å²) in [6.45, 7) is 0.145. The molecule has 0 aliphatic heterocycles. The van der Waals surface area contributed by atoms with Gasteiger partial charge in [0.15, 0.2) is 5.75 Å². The molecule has 0 bridgehead atoms. The lowest BCUT2D eigenvalue weighted by molar-refractivity contribution is -0.134. The van der Waals surface area contributed by atoms with E-state index in [2.05, 4.69) is 9.71 Å². The van der Waals surface area contributed by atoms with E-state index in [9.17, 15) is 13.2 Å². The number of sulfonamides is 1. The molecule has 0 unspecified atom stereocenters. The van der Waals surface area contributed by atoms with Crippen molar-refractivity contribution >= 4 is 16.0 Å². The molecule has 2 N–H and O–H groups in total. The molecule has 7 heteroatoms. The standard InChI is InChI=1S/C9H12N2O4S/c12-9(13)7-16(14,15)11-6-4-8-3-1-2-5-10-8/h1-3,5,11H,4,6-7H2,(H,12,13). The number of rotatable bonds is 6. The summed E-state index contributed by atoms with van der Waals surface area (Å²) in [6, 6.07) is 5.33. The van der Waals surface area contributed by atoms with Gasteiger partial charge in [-0.15, -0.1) is 0 Å². The lowest BCUT2D eigenvalue weighted by Gasteiger charge is -2.03. The third kappa shape index (κ3) is 4.85. The van der Waals surface area contributed by atoms with Crippen LogP contribution in [0.4, 0.5) is 0 Å². The average Bonchev–Trinajstić information content (AvgIpc) is 2.16. The van der Waals surface area contributed by atoms with Gasteiger partial charge in [0.25, 0.3) is 0 Å². The molecule has 0 saturated heterocycles. The number of aromatic nitrogens is 1. The lowest BCUT2D eigenvalue weighted by atomic mass is 10.3. The van der Waals surface area contributed by atoms with Crippen molar-refractivity contribution in [2.45, 2.75) is 6.42 Å². The second-order valence-electron chi connectivity index (χ2n) is 3.12. The smallest absolute Gasteiger partial charge is 0.320 e. The third-order valence-corrected chi connectivity index (χ3v) is 3.01. The monoisotopic (exact) mass is 244 g/mol. The topological polar surface area (TPSA) is 96.4 Å². The van der Waals surface area contributed by atoms with Crippen molar-refractivity contribution in [1.29, 1.82) is 0 Å². The van der Waals surface area contributed by atoms with Gasteiger partial charge in [0, 0.05) is 24.9 Å². The van der Waals surface area contributed by atoms with Crippen LogP contribution in [0.1, 0.15) is 5.69 Å². The minimum Gasteiger partial charge on any atom is -0.480 e. The Labute approximate surface area is 93.4 Å². The van der Waals surface area contributed by atoms with Crippen LogP contribution in [0.5, 0.6) is 0 Å². The average molecular weight is 244 g/mol. The molecule has 1 heterocycles. The molecule has 0 atom stereocenters. The summed E-state index contributed by atoms with van der Waals surface area (Å²) in [5.74, 6) is -2.28. The molecule has 88 valence electrons. The van der Waals surface area contributed by atoms with Crippen LogP contribution in [0.3, 0.4) is 0 Å². The Bertz CT molecular complexity index is 444. The SMILES string of the molecule is O=C(O)CS(=O)(=O)NCCc1ccccn1. The van der Waals surface area contributed by atoms with Crippen LogP contribution in [0.15, 0.2) is 24.4 Å². The second-order valence-corrected chi connectivity index (χ2v) is 4.93. The molecule has 16 heavy (non-hydrogen) atoms. The van der Waals surface area contributed by atoms with Crippen LogP contribution in [0, 0.1) is 0 Å². The molecule has 6 nitrogen and oxygen atoms in total. The largest absolute Gasteiger partial charge is 0.480 e. The van der Waals surface area contributed by atoms with E-state index in [1.165, 1.54) is 0 Å². The fourth-order valence-corrected chi connectivity index (χ4v) is 1.93. The Balaban J connectivity index is 2.39. The maximum atomic E-state index is 11.1. The number of carboxylic acids is 1. The first kappa shape index (κ1) is 12.6. The molecule has 0 fully saturated rings.